The fourth-order valence-electron chi connectivity index (χ4n) is 0.702. The van der Waals surface area contributed by atoms with Crippen LogP contribution in [0.25, 0.3) is 0 Å². The van der Waals surface area contributed by atoms with Gasteiger partial charge in [0.15, 0.2) is 0 Å². The zero-order valence-electron chi connectivity index (χ0n) is 11.7. The molecule has 0 amide bonds. The highest BCUT2D eigenvalue weighted by atomic mass is 16.5. The van der Waals surface area contributed by atoms with Gasteiger partial charge in [-0.25, -0.2) is 0 Å². The SMILES string of the molecule is CC(C)C.CCC(C)(C)C(C)(C)OC. The van der Waals surface area contributed by atoms with E-state index in [1.807, 2.05) is 0 Å². The summed E-state index contributed by atoms with van der Waals surface area (Å²) in [5.74, 6) is 0.833. The van der Waals surface area contributed by atoms with E-state index in [2.05, 4.69) is 55.4 Å². The molecule has 0 aliphatic rings. The number of ether oxygens (including phenoxy) is 1. The van der Waals surface area contributed by atoms with Crippen molar-refractivity contribution in [3.8, 4) is 0 Å². The topological polar surface area (TPSA) is 9.23 Å². The van der Waals surface area contributed by atoms with E-state index < -0.39 is 0 Å². The summed E-state index contributed by atoms with van der Waals surface area (Å²) in [7, 11) is 1.78. The zero-order chi connectivity index (χ0) is 12.0. The molecular weight excluding hydrogens is 172 g/mol. The van der Waals surface area contributed by atoms with Gasteiger partial charge in [0, 0.05) is 7.11 Å². The molecule has 0 aliphatic carbocycles. The van der Waals surface area contributed by atoms with Crippen LogP contribution in [-0.4, -0.2) is 12.7 Å². The Morgan fingerprint density at radius 3 is 1.36 bits per heavy atom. The lowest BCUT2D eigenvalue weighted by molar-refractivity contribution is -0.0723. The number of hydrogen-bond acceptors (Lipinski definition) is 1. The molecular formula is C13H30O. The molecule has 88 valence electrons. The van der Waals surface area contributed by atoms with Gasteiger partial charge in [-0.15, -0.1) is 0 Å². The van der Waals surface area contributed by atoms with Crippen LogP contribution in [0.2, 0.25) is 0 Å². The van der Waals surface area contributed by atoms with E-state index in [4.69, 9.17) is 4.74 Å². The van der Waals surface area contributed by atoms with Crippen LogP contribution in [-0.2, 0) is 4.74 Å². The molecule has 0 saturated carbocycles. The minimum Gasteiger partial charge on any atom is -0.378 e. The third kappa shape index (κ3) is 6.42. The molecule has 0 fully saturated rings. The molecule has 0 aliphatic heterocycles. The Morgan fingerprint density at radius 2 is 1.29 bits per heavy atom. The molecule has 0 unspecified atom stereocenters. The second-order valence-electron chi connectivity index (χ2n) is 5.68. The van der Waals surface area contributed by atoms with Crippen LogP contribution in [0.1, 0.15) is 61.8 Å². The third-order valence-electron chi connectivity index (χ3n) is 3.02. The Labute approximate surface area is 91.2 Å². The Hall–Kier alpha value is -0.0400. The van der Waals surface area contributed by atoms with Crippen LogP contribution >= 0.6 is 0 Å². The molecule has 0 aromatic heterocycles. The monoisotopic (exact) mass is 202 g/mol. The highest BCUT2D eigenvalue weighted by Gasteiger charge is 2.34. The molecule has 0 spiro atoms. The van der Waals surface area contributed by atoms with E-state index >= 15 is 0 Å². The van der Waals surface area contributed by atoms with Crippen LogP contribution in [0.15, 0.2) is 0 Å². The number of rotatable bonds is 3. The summed E-state index contributed by atoms with van der Waals surface area (Å²) in [5.41, 5.74) is 0.253. The van der Waals surface area contributed by atoms with Crippen LogP contribution in [0.5, 0.6) is 0 Å². The van der Waals surface area contributed by atoms with Crippen LogP contribution in [0.3, 0.4) is 0 Å². The number of methoxy groups -OCH3 is 1. The fourth-order valence-corrected chi connectivity index (χ4v) is 0.702. The van der Waals surface area contributed by atoms with Gasteiger partial charge in [-0.2, -0.15) is 0 Å². The molecule has 0 heterocycles. The molecule has 0 rings (SSSR count). The van der Waals surface area contributed by atoms with Crippen molar-refractivity contribution in [2.45, 2.75) is 67.4 Å². The maximum Gasteiger partial charge on any atom is 0.0673 e. The second-order valence-corrected chi connectivity index (χ2v) is 5.68. The summed E-state index contributed by atoms with van der Waals surface area (Å²) in [4.78, 5) is 0. The average Bonchev–Trinajstić information content (AvgIpc) is 2.03. The van der Waals surface area contributed by atoms with E-state index in [9.17, 15) is 0 Å². The second kappa shape index (κ2) is 6.44. The van der Waals surface area contributed by atoms with Crippen molar-refractivity contribution in [2.24, 2.45) is 11.3 Å². The predicted octanol–water partition coefficient (Wildman–Crippen LogP) is 4.51. The standard InChI is InChI=1S/C9H20O.C4H10/c1-7-8(2,3)9(4,5)10-6;1-4(2)3/h7H2,1-6H3;4H,1-3H3. The molecule has 0 radical (unpaired) electrons. The Morgan fingerprint density at radius 1 is 1.00 bits per heavy atom. The van der Waals surface area contributed by atoms with Gasteiger partial charge in [-0.1, -0.05) is 41.5 Å². The zero-order valence-corrected chi connectivity index (χ0v) is 11.7. The minimum absolute atomic E-state index is 0.0122. The first kappa shape index (κ1) is 16.4. The van der Waals surface area contributed by atoms with Gasteiger partial charge >= 0.3 is 0 Å². The molecule has 1 nitrogen and oxygen atoms in total. The molecule has 14 heavy (non-hydrogen) atoms. The smallest absolute Gasteiger partial charge is 0.0673 e. The van der Waals surface area contributed by atoms with Gasteiger partial charge in [0.05, 0.1) is 5.60 Å². The Balaban J connectivity index is 0. The largest absolute Gasteiger partial charge is 0.378 e. The van der Waals surface area contributed by atoms with Crippen molar-refractivity contribution < 1.29 is 4.74 Å². The van der Waals surface area contributed by atoms with Gasteiger partial charge in [0.2, 0.25) is 0 Å². The van der Waals surface area contributed by atoms with Crippen LogP contribution in [0, 0.1) is 11.3 Å². The molecule has 0 bridgehead atoms. The first-order valence-corrected chi connectivity index (χ1v) is 5.66. The van der Waals surface area contributed by atoms with Crippen molar-refractivity contribution in [3.63, 3.8) is 0 Å². The van der Waals surface area contributed by atoms with Crippen molar-refractivity contribution in [2.75, 3.05) is 7.11 Å². The van der Waals surface area contributed by atoms with Crippen LogP contribution < -0.4 is 0 Å². The van der Waals surface area contributed by atoms with E-state index in [0.717, 1.165) is 12.3 Å². The quantitative estimate of drug-likeness (QED) is 0.654. The summed E-state index contributed by atoms with van der Waals surface area (Å²) >= 11 is 0. The van der Waals surface area contributed by atoms with Gasteiger partial charge in [-0.3, -0.25) is 0 Å². The van der Waals surface area contributed by atoms with E-state index in [0.29, 0.717) is 0 Å². The summed E-state index contributed by atoms with van der Waals surface area (Å²) in [5, 5.41) is 0. The minimum atomic E-state index is -0.0122. The third-order valence-corrected chi connectivity index (χ3v) is 3.02. The maximum absolute atomic E-state index is 5.39. The fraction of sp³-hybridized carbons (Fsp3) is 1.00. The van der Waals surface area contributed by atoms with E-state index in [1.54, 1.807) is 7.11 Å². The van der Waals surface area contributed by atoms with Gasteiger partial charge in [0.1, 0.15) is 0 Å². The lowest BCUT2D eigenvalue weighted by Crippen LogP contribution is -2.40. The normalized spacial score (nSPS) is 12.4. The van der Waals surface area contributed by atoms with Crippen molar-refractivity contribution in [1.82, 2.24) is 0 Å². The molecule has 0 aromatic rings. The maximum atomic E-state index is 5.39. The highest BCUT2D eigenvalue weighted by Crippen LogP contribution is 2.35. The molecule has 0 atom stereocenters. The molecule has 0 N–H and O–H groups in total. The summed E-state index contributed by atoms with van der Waals surface area (Å²) in [6, 6.07) is 0. The molecule has 1 heteroatoms. The Bertz CT molecular complexity index is 117. The van der Waals surface area contributed by atoms with Crippen molar-refractivity contribution in [3.05, 3.63) is 0 Å². The van der Waals surface area contributed by atoms with E-state index in [1.165, 1.54) is 0 Å². The lowest BCUT2D eigenvalue weighted by atomic mass is 9.75. The Kier molecular flexibility index (Phi) is 7.55. The van der Waals surface area contributed by atoms with Crippen molar-refractivity contribution in [1.29, 1.82) is 0 Å². The van der Waals surface area contributed by atoms with Crippen LogP contribution in [0.4, 0.5) is 0 Å². The first-order chi connectivity index (χ1) is 6.10. The predicted molar refractivity (Wildman–Crippen MR) is 65.7 cm³/mol. The van der Waals surface area contributed by atoms with Crippen molar-refractivity contribution >= 4 is 0 Å². The first-order valence-electron chi connectivity index (χ1n) is 5.66. The van der Waals surface area contributed by atoms with Gasteiger partial charge in [-0.05, 0) is 31.6 Å². The average molecular weight is 202 g/mol. The highest BCUT2D eigenvalue weighted by molar-refractivity contribution is 4.85. The molecule has 0 saturated heterocycles. The lowest BCUT2D eigenvalue weighted by Gasteiger charge is -2.39. The van der Waals surface area contributed by atoms with E-state index in [-0.39, 0.29) is 11.0 Å². The summed E-state index contributed by atoms with van der Waals surface area (Å²) < 4.78 is 5.39. The number of hydrogen-bond donors (Lipinski definition) is 0. The summed E-state index contributed by atoms with van der Waals surface area (Å²) in [6.07, 6.45) is 1.15. The molecule has 0 aromatic carbocycles. The van der Waals surface area contributed by atoms with Gasteiger partial charge < -0.3 is 4.74 Å². The summed E-state index contributed by atoms with van der Waals surface area (Å²) in [6.45, 7) is 17.4. The van der Waals surface area contributed by atoms with Gasteiger partial charge in [0.25, 0.3) is 0 Å².